The molecule has 1 unspecified atom stereocenters. The fourth-order valence-corrected chi connectivity index (χ4v) is 1.57. The quantitative estimate of drug-likeness (QED) is 0.678. The molecule has 0 aromatic carbocycles. The molecule has 0 radical (unpaired) electrons. The highest BCUT2D eigenvalue weighted by atomic mass is 16.5. The Bertz CT molecular complexity index is 185. The summed E-state index contributed by atoms with van der Waals surface area (Å²) >= 11 is 0. The fourth-order valence-electron chi connectivity index (χ4n) is 1.57. The molecule has 0 aliphatic rings. The summed E-state index contributed by atoms with van der Waals surface area (Å²) in [5.41, 5.74) is 1.39. The maximum atomic E-state index is 8.63. The lowest BCUT2D eigenvalue weighted by molar-refractivity contribution is 0.0300. The summed E-state index contributed by atoms with van der Waals surface area (Å²) < 4.78 is 5.25. The summed E-state index contributed by atoms with van der Waals surface area (Å²) in [4.78, 5) is 0. The van der Waals surface area contributed by atoms with Crippen molar-refractivity contribution in [2.75, 3.05) is 6.61 Å². The van der Waals surface area contributed by atoms with Gasteiger partial charge < -0.3 is 9.84 Å². The van der Waals surface area contributed by atoms with Crippen LogP contribution in [-0.4, -0.2) is 23.9 Å². The van der Waals surface area contributed by atoms with Gasteiger partial charge in [-0.05, 0) is 66.7 Å². The third-order valence-electron chi connectivity index (χ3n) is 2.38. The predicted molar refractivity (Wildman–Crippen MR) is 80.9 cm³/mol. The molecule has 0 fully saturated rings. The molecule has 0 spiro atoms. The molecule has 2 heteroatoms. The molecule has 0 aliphatic heterocycles. The van der Waals surface area contributed by atoms with Gasteiger partial charge in [0.25, 0.3) is 0 Å². The van der Waals surface area contributed by atoms with Crippen molar-refractivity contribution in [3.63, 3.8) is 0 Å². The predicted octanol–water partition coefficient (Wildman–Crippen LogP) is 4.57. The van der Waals surface area contributed by atoms with Gasteiger partial charge in [0.2, 0.25) is 0 Å². The Labute approximate surface area is 114 Å². The maximum Gasteiger partial charge on any atom is 0.0522 e. The van der Waals surface area contributed by atoms with Crippen LogP contribution >= 0.6 is 0 Å². The molecule has 0 heterocycles. The normalized spacial score (nSPS) is 12.1. The van der Waals surface area contributed by atoms with Gasteiger partial charge >= 0.3 is 0 Å². The van der Waals surface area contributed by atoms with Gasteiger partial charge in [-0.3, -0.25) is 0 Å². The van der Waals surface area contributed by atoms with E-state index in [0.717, 1.165) is 12.8 Å². The van der Waals surface area contributed by atoms with E-state index in [4.69, 9.17) is 9.84 Å². The second-order valence-electron chi connectivity index (χ2n) is 5.71. The van der Waals surface area contributed by atoms with E-state index in [0.29, 0.717) is 24.7 Å². The molecule has 0 bridgehead atoms. The summed E-state index contributed by atoms with van der Waals surface area (Å²) in [7, 11) is 0. The van der Waals surface area contributed by atoms with Gasteiger partial charge in [-0.2, -0.15) is 0 Å². The van der Waals surface area contributed by atoms with Crippen molar-refractivity contribution < 1.29 is 9.84 Å². The third-order valence-corrected chi connectivity index (χ3v) is 2.38. The van der Waals surface area contributed by atoms with Crippen LogP contribution < -0.4 is 0 Å². The molecule has 18 heavy (non-hydrogen) atoms. The molecular formula is C16H34O2. The fraction of sp³-hybridized carbons (Fsp3) is 0.875. The van der Waals surface area contributed by atoms with E-state index in [1.807, 2.05) is 27.7 Å². The van der Waals surface area contributed by atoms with Gasteiger partial charge in [-0.25, -0.2) is 0 Å². The third kappa shape index (κ3) is 21.0. The van der Waals surface area contributed by atoms with Crippen molar-refractivity contribution in [3.8, 4) is 0 Å². The van der Waals surface area contributed by atoms with E-state index >= 15 is 0 Å². The van der Waals surface area contributed by atoms with Gasteiger partial charge in [0.1, 0.15) is 0 Å². The van der Waals surface area contributed by atoms with Crippen LogP contribution in [0.5, 0.6) is 0 Å². The zero-order valence-corrected chi connectivity index (χ0v) is 13.5. The molecule has 0 amide bonds. The summed E-state index contributed by atoms with van der Waals surface area (Å²) in [6, 6.07) is 0. The van der Waals surface area contributed by atoms with Crippen LogP contribution in [0.25, 0.3) is 0 Å². The zero-order valence-electron chi connectivity index (χ0n) is 13.5. The standard InChI is InChI=1S/C10H20O.C6H14O/c1-9(2)5-4-6-10(3)7-8-11;1-5(2)7-6(3)4/h5,10-11H,4,6-8H2,1-3H3;5-6H,1-4H3. The highest BCUT2D eigenvalue weighted by molar-refractivity contribution is 4.92. The lowest BCUT2D eigenvalue weighted by Crippen LogP contribution is -2.09. The van der Waals surface area contributed by atoms with Gasteiger partial charge in [0.05, 0.1) is 12.2 Å². The largest absolute Gasteiger partial charge is 0.396 e. The minimum Gasteiger partial charge on any atom is -0.396 e. The van der Waals surface area contributed by atoms with E-state index in [9.17, 15) is 0 Å². The number of aliphatic hydroxyl groups is 1. The molecule has 110 valence electrons. The second kappa shape index (κ2) is 13.1. The van der Waals surface area contributed by atoms with Gasteiger partial charge in [0, 0.05) is 6.61 Å². The van der Waals surface area contributed by atoms with Crippen LogP contribution in [0.3, 0.4) is 0 Å². The summed E-state index contributed by atoms with van der Waals surface area (Å²) in [5, 5.41) is 8.63. The number of aliphatic hydroxyl groups excluding tert-OH is 1. The highest BCUT2D eigenvalue weighted by Gasteiger charge is 1.98. The molecule has 0 aliphatic carbocycles. The van der Waals surface area contributed by atoms with E-state index in [2.05, 4.69) is 26.8 Å². The number of ether oxygens (including phenoxy) is 1. The van der Waals surface area contributed by atoms with Crippen LogP contribution in [0.15, 0.2) is 11.6 Å². The molecule has 0 saturated heterocycles. The first kappa shape index (κ1) is 20.0. The highest BCUT2D eigenvalue weighted by Crippen LogP contribution is 2.10. The Hall–Kier alpha value is -0.340. The Kier molecular flexibility index (Phi) is 14.5. The van der Waals surface area contributed by atoms with Crippen molar-refractivity contribution in [2.45, 2.75) is 79.9 Å². The maximum absolute atomic E-state index is 8.63. The monoisotopic (exact) mass is 258 g/mol. The SMILES string of the molecule is CC(C)=CCCC(C)CCO.CC(C)OC(C)C. The number of hydrogen-bond acceptors (Lipinski definition) is 2. The Morgan fingerprint density at radius 3 is 1.78 bits per heavy atom. The molecule has 1 N–H and O–H groups in total. The number of hydrogen-bond donors (Lipinski definition) is 1. The topological polar surface area (TPSA) is 29.5 Å². The summed E-state index contributed by atoms with van der Waals surface area (Å²) in [6.45, 7) is 14.9. The molecule has 0 aromatic rings. The Balaban J connectivity index is 0. The molecule has 1 atom stereocenters. The number of rotatable bonds is 7. The van der Waals surface area contributed by atoms with E-state index in [1.165, 1.54) is 12.0 Å². The van der Waals surface area contributed by atoms with E-state index < -0.39 is 0 Å². The van der Waals surface area contributed by atoms with Crippen molar-refractivity contribution in [1.82, 2.24) is 0 Å². The number of allylic oxidation sites excluding steroid dienone is 2. The van der Waals surface area contributed by atoms with Gasteiger partial charge in [0.15, 0.2) is 0 Å². The first-order chi connectivity index (χ1) is 8.29. The first-order valence-electron chi connectivity index (χ1n) is 7.19. The van der Waals surface area contributed by atoms with Crippen molar-refractivity contribution in [3.05, 3.63) is 11.6 Å². The van der Waals surface area contributed by atoms with Crippen LogP contribution in [0, 0.1) is 5.92 Å². The summed E-state index contributed by atoms with van der Waals surface area (Å²) in [6.07, 6.45) is 6.31. The van der Waals surface area contributed by atoms with Crippen molar-refractivity contribution in [1.29, 1.82) is 0 Å². The summed E-state index contributed by atoms with van der Waals surface area (Å²) in [5.74, 6) is 0.663. The lowest BCUT2D eigenvalue weighted by atomic mass is 10.0. The average Bonchev–Trinajstić information content (AvgIpc) is 2.15. The average molecular weight is 258 g/mol. The lowest BCUT2D eigenvalue weighted by Gasteiger charge is -2.09. The zero-order chi connectivity index (χ0) is 14.6. The Morgan fingerprint density at radius 1 is 1.00 bits per heavy atom. The van der Waals surface area contributed by atoms with Crippen LogP contribution in [0.1, 0.15) is 67.7 Å². The molecule has 0 rings (SSSR count). The Morgan fingerprint density at radius 2 is 1.50 bits per heavy atom. The molecule has 0 aromatic heterocycles. The van der Waals surface area contributed by atoms with Crippen LogP contribution in [-0.2, 0) is 4.74 Å². The second-order valence-corrected chi connectivity index (χ2v) is 5.71. The van der Waals surface area contributed by atoms with Crippen molar-refractivity contribution >= 4 is 0 Å². The molecule has 0 saturated carbocycles. The molecule has 2 nitrogen and oxygen atoms in total. The van der Waals surface area contributed by atoms with E-state index in [1.54, 1.807) is 0 Å². The van der Waals surface area contributed by atoms with Crippen LogP contribution in [0.2, 0.25) is 0 Å². The molecular weight excluding hydrogens is 224 g/mol. The minimum absolute atomic E-state index is 0.329. The van der Waals surface area contributed by atoms with Crippen molar-refractivity contribution in [2.24, 2.45) is 5.92 Å². The van der Waals surface area contributed by atoms with Gasteiger partial charge in [-0.1, -0.05) is 18.6 Å². The van der Waals surface area contributed by atoms with E-state index in [-0.39, 0.29) is 0 Å². The minimum atomic E-state index is 0.329. The smallest absolute Gasteiger partial charge is 0.0522 e. The van der Waals surface area contributed by atoms with Gasteiger partial charge in [-0.15, -0.1) is 0 Å². The van der Waals surface area contributed by atoms with Crippen LogP contribution in [0.4, 0.5) is 0 Å². The first-order valence-corrected chi connectivity index (χ1v) is 7.19.